The molecule has 2 fully saturated rings. The first-order chi connectivity index (χ1) is 16.9. The Morgan fingerprint density at radius 1 is 1.09 bits per heavy atom. The van der Waals surface area contributed by atoms with Crippen LogP contribution >= 0.6 is 12.2 Å². The number of nitrogens with one attached hydrogen (secondary N) is 1. The van der Waals surface area contributed by atoms with Gasteiger partial charge in [0.1, 0.15) is 0 Å². The van der Waals surface area contributed by atoms with Gasteiger partial charge in [-0.2, -0.15) is 0 Å². The number of rotatable bonds is 5. The Morgan fingerprint density at radius 2 is 1.86 bits per heavy atom. The van der Waals surface area contributed by atoms with Gasteiger partial charge in [-0.3, -0.25) is 4.98 Å². The third kappa shape index (κ3) is 4.22. The van der Waals surface area contributed by atoms with Crippen LogP contribution in [0.2, 0.25) is 0 Å². The molecule has 2 aliphatic rings. The highest BCUT2D eigenvalue weighted by Crippen LogP contribution is 2.44. The van der Waals surface area contributed by atoms with Gasteiger partial charge in [0.25, 0.3) is 0 Å². The van der Waals surface area contributed by atoms with E-state index >= 15 is 0 Å². The van der Waals surface area contributed by atoms with E-state index in [1.54, 1.807) is 12.1 Å². The molecule has 0 bridgehead atoms. The van der Waals surface area contributed by atoms with Crippen LogP contribution in [0.4, 0.5) is 0 Å². The molecule has 182 valence electrons. The fraction of sp³-hybridized carbons (Fsp3) is 0.393. The highest BCUT2D eigenvalue weighted by molar-refractivity contribution is 7.80. The van der Waals surface area contributed by atoms with E-state index in [9.17, 15) is 9.90 Å². The van der Waals surface area contributed by atoms with Crippen molar-refractivity contribution in [1.29, 1.82) is 0 Å². The standard InChI is InChI=1S/C28H32N4O2S/c1-17-12-13-20(27(33)34)16-24(17)31-18(2)15-22(19(31)3)26-25(23-11-7-8-14-29-23)30-28(35)32(26)21-9-5-4-6-10-21/h7-8,11-16,21,25-26H,4-6,9-10H2,1-3H3,(H,30,35)(H,33,34)/t25-,26-/m0/s1. The molecule has 3 aromatic rings. The topological polar surface area (TPSA) is 70.4 Å². The molecule has 1 saturated heterocycles. The lowest BCUT2D eigenvalue weighted by Gasteiger charge is -2.37. The number of aromatic carboxylic acids is 1. The predicted molar refractivity (Wildman–Crippen MR) is 141 cm³/mol. The second kappa shape index (κ2) is 9.46. The molecular weight excluding hydrogens is 456 g/mol. The lowest BCUT2D eigenvalue weighted by atomic mass is 9.90. The maximum absolute atomic E-state index is 11.7. The first-order valence-corrected chi connectivity index (χ1v) is 12.8. The number of carboxylic acids is 1. The molecule has 3 heterocycles. The van der Waals surface area contributed by atoms with E-state index < -0.39 is 5.97 Å². The highest BCUT2D eigenvalue weighted by atomic mass is 32.1. The first-order valence-electron chi connectivity index (χ1n) is 12.4. The van der Waals surface area contributed by atoms with Gasteiger partial charge in [0.05, 0.1) is 23.3 Å². The summed E-state index contributed by atoms with van der Waals surface area (Å²) < 4.78 is 2.19. The third-order valence-electron chi connectivity index (χ3n) is 7.59. The van der Waals surface area contributed by atoms with Crippen LogP contribution in [0.15, 0.2) is 48.7 Å². The molecule has 7 heteroatoms. The summed E-state index contributed by atoms with van der Waals surface area (Å²) in [4.78, 5) is 18.8. The Hall–Kier alpha value is -3.19. The van der Waals surface area contributed by atoms with Crippen molar-refractivity contribution in [2.75, 3.05) is 0 Å². The molecule has 0 radical (unpaired) electrons. The number of pyridine rings is 1. The molecule has 0 amide bonds. The summed E-state index contributed by atoms with van der Waals surface area (Å²) in [5.74, 6) is -0.919. The third-order valence-corrected chi connectivity index (χ3v) is 7.92. The zero-order valence-corrected chi connectivity index (χ0v) is 21.3. The Kier molecular flexibility index (Phi) is 6.36. The number of nitrogens with zero attached hydrogens (tertiary/aromatic N) is 3. The lowest BCUT2D eigenvalue weighted by molar-refractivity contribution is 0.0697. The van der Waals surface area contributed by atoms with Crippen molar-refractivity contribution < 1.29 is 9.90 Å². The van der Waals surface area contributed by atoms with Crippen molar-refractivity contribution in [3.8, 4) is 5.69 Å². The van der Waals surface area contributed by atoms with Crippen LogP contribution in [-0.2, 0) is 0 Å². The van der Waals surface area contributed by atoms with Gasteiger partial charge in [0.15, 0.2) is 5.11 Å². The molecule has 1 aliphatic heterocycles. The van der Waals surface area contributed by atoms with E-state index in [-0.39, 0.29) is 12.1 Å². The maximum Gasteiger partial charge on any atom is 0.335 e. The number of benzene rings is 1. The van der Waals surface area contributed by atoms with Crippen molar-refractivity contribution in [2.45, 2.75) is 71.0 Å². The second-order valence-corrected chi connectivity index (χ2v) is 10.2. The number of carbonyl (C=O) groups is 1. The molecule has 5 rings (SSSR count). The Balaban J connectivity index is 1.65. The van der Waals surface area contributed by atoms with E-state index in [2.05, 4.69) is 40.8 Å². The fourth-order valence-electron chi connectivity index (χ4n) is 5.89. The summed E-state index contributed by atoms with van der Waals surface area (Å²) in [6.07, 6.45) is 7.87. The van der Waals surface area contributed by atoms with E-state index in [0.717, 1.165) is 46.3 Å². The Bertz CT molecular complexity index is 1260. The SMILES string of the molecule is Cc1ccc(C(=O)O)cc1-n1c(C)cc([C@H]2[C@H](c3ccccn3)NC(=S)N2C2CCCCC2)c1C. The van der Waals surface area contributed by atoms with E-state index in [1.165, 1.54) is 24.8 Å². The van der Waals surface area contributed by atoms with Crippen LogP contribution in [0.1, 0.15) is 82.8 Å². The normalized spacial score (nSPS) is 20.8. The van der Waals surface area contributed by atoms with Gasteiger partial charge >= 0.3 is 5.97 Å². The Labute approximate surface area is 212 Å². The van der Waals surface area contributed by atoms with Crippen LogP contribution in [-0.4, -0.2) is 36.7 Å². The number of aryl methyl sites for hydroxylation is 2. The average molecular weight is 489 g/mol. The first kappa shape index (κ1) is 23.5. The summed E-state index contributed by atoms with van der Waals surface area (Å²) in [6, 6.07) is 14.0. The summed E-state index contributed by atoms with van der Waals surface area (Å²) in [6.45, 7) is 6.24. The molecule has 1 aliphatic carbocycles. The largest absolute Gasteiger partial charge is 0.478 e. The van der Waals surface area contributed by atoms with Crippen molar-refractivity contribution in [3.63, 3.8) is 0 Å². The zero-order chi connectivity index (χ0) is 24.7. The second-order valence-electron chi connectivity index (χ2n) is 9.79. The lowest BCUT2D eigenvalue weighted by Crippen LogP contribution is -2.40. The molecule has 2 N–H and O–H groups in total. The molecule has 6 nitrogen and oxygen atoms in total. The molecule has 1 aromatic carbocycles. The van der Waals surface area contributed by atoms with E-state index in [0.29, 0.717) is 11.6 Å². The molecular formula is C28H32N4O2S. The smallest absolute Gasteiger partial charge is 0.335 e. The van der Waals surface area contributed by atoms with E-state index in [1.807, 2.05) is 31.3 Å². The molecule has 2 aromatic heterocycles. The van der Waals surface area contributed by atoms with Crippen molar-refractivity contribution >= 4 is 23.3 Å². The minimum Gasteiger partial charge on any atom is -0.478 e. The summed E-state index contributed by atoms with van der Waals surface area (Å²) in [5, 5.41) is 14.0. The van der Waals surface area contributed by atoms with Crippen LogP contribution in [0.25, 0.3) is 5.69 Å². The molecule has 0 spiro atoms. The minimum absolute atomic E-state index is 0.0170. The fourth-order valence-corrected chi connectivity index (χ4v) is 6.28. The molecule has 1 saturated carbocycles. The molecule has 2 atom stereocenters. The predicted octanol–water partition coefficient (Wildman–Crippen LogP) is 5.80. The average Bonchev–Trinajstić information content (AvgIpc) is 3.35. The van der Waals surface area contributed by atoms with Gasteiger partial charge < -0.3 is 19.9 Å². The number of thiocarbonyl (C=S) groups is 1. The highest BCUT2D eigenvalue weighted by Gasteiger charge is 2.44. The van der Waals surface area contributed by atoms with Crippen LogP contribution in [0.3, 0.4) is 0 Å². The summed E-state index contributed by atoms with van der Waals surface area (Å²) in [7, 11) is 0. The van der Waals surface area contributed by atoms with E-state index in [4.69, 9.17) is 17.2 Å². The van der Waals surface area contributed by atoms with Crippen LogP contribution < -0.4 is 5.32 Å². The van der Waals surface area contributed by atoms with Gasteiger partial charge in [0, 0.05) is 29.3 Å². The van der Waals surface area contributed by atoms with Gasteiger partial charge in [-0.15, -0.1) is 0 Å². The van der Waals surface area contributed by atoms with Crippen molar-refractivity contribution in [1.82, 2.24) is 19.8 Å². The van der Waals surface area contributed by atoms with Gasteiger partial charge in [-0.1, -0.05) is 31.4 Å². The van der Waals surface area contributed by atoms with Gasteiger partial charge in [-0.05, 0) is 87.3 Å². The number of carboxylic acid groups (broad SMARTS) is 1. The van der Waals surface area contributed by atoms with Crippen molar-refractivity contribution in [2.24, 2.45) is 0 Å². The van der Waals surface area contributed by atoms with Crippen molar-refractivity contribution in [3.05, 3.63) is 82.4 Å². The molecule has 35 heavy (non-hydrogen) atoms. The van der Waals surface area contributed by atoms with Crippen LogP contribution in [0, 0.1) is 20.8 Å². The van der Waals surface area contributed by atoms with Gasteiger partial charge in [-0.25, -0.2) is 4.79 Å². The maximum atomic E-state index is 11.7. The number of hydrogen-bond acceptors (Lipinski definition) is 3. The van der Waals surface area contributed by atoms with Crippen LogP contribution in [0.5, 0.6) is 0 Å². The van der Waals surface area contributed by atoms with Gasteiger partial charge in [0.2, 0.25) is 0 Å². The number of hydrogen-bond donors (Lipinski definition) is 2. The quantitative estimate of drug-likeness (QED) is 0.442. The number of aromatic nitrogens is 2. The molecule has 0 unspecified atom stereocenters. The Morgan fingerprint density at radius 3 is 2.54 bits per heavy atom. The zero-order valence-electron chi connectivity index (χ0n) is 20.5. The minimum atomic E-state index is -0.919. The summed E-state index contributed by atoms with van der Waals surface area (Å²) >= 11 is 5.93. The monoisotopic (exact) mass is 488 g/mol. The summed E-state index contributed by atoms with van der Waals surface area (Å²) in [5.41, 5.74) is 6.59.